The Morgan fingerprint density at radius 1 is 1.24 bits per heavy atom. The number of benzene rings is 2. The maximum Gasteiger partial charge on any atom is 0.362 e. The first-order valence-electron chi connectivity index (χ1n) is 6.58. The summed E-state index contributed by atoms with van der Waals surface area (Å²) in [5.74, 6) is -0.397. The fraction of sp³-hybridized carbons (Fsp3) is 0.133. The SMILES string of the molecule is CCOC(=O)c1nnn(-c2cccc3ccccc23)c1N. The first-order chi connectivity index (χ1) is 10.2. The normalized spacial score (nSPS) is 10.7. The Labute approximate surface area is 121 Å². The van der Waals surface area contributed by atoms with Gasteiger partial charge < -0.3 is 10.5 Å². The van der Waals surface area contributed by atoms with Gasteiger partial charge in [-0.2, -0.15) is 4.68 Å². The zero-order chi connectivity index (χ0) is 14.8. The van der Waals surface area contributed by atoms with Gasteiger partial charge in [0, 0.05) is 5.39 Å². The van der Waals surface area contributed by atoms with E-state index in [1.807, 2.05) is 42.5 Å². The molecule has 21 heavy (non-hydrogen) atoms. The lowest BCUT2D eigenvalue weighted by Gasteiger charge is -2.07. The number of hydrogen-bond acceptors (Lipinski definition) is 5. The van der Waals surface area contributed by atoms with Crippen LogP contribution in [0.5, 0.6) is 0 Å². The Kier molecular flexibility index (Phi) is 3.27. The highest BCUT2D eigenvalue weighted by atomic mass is 16.5. The van der Waals surface area contributed by atoms with Gasteiger partial charge in [0.25, 0.3) is 0 Å². The minimum absolute atomic E-state index is 0.0322. The lowest BCUT2D eigenvalue weighted by molar-refractivity contribution is 0.0520. The standard InChI is InChI=1S/C15H14N4O2/c1-2-21-15(20)13-14(16)19(18-17-13)12-9-5-7-10-6-3-4-8-11(10)12/h3-9H,2,16H2,1H3. The van der Waals surface area contributed by atoms with Crippen molar-refractivity contribution in [2.24, 2.45) is 0 Å². The van der Waals surface area contributed by atoms with E-state index < -0.39 is 5.97 Å². The van der Waals surface area contributed by atoms with Crippen LogP contribution >= 0.6 is 0 Å². The largest absolute Gasteiger partial charge is 0.461 e. The number of nitrogens with zero attached hydrogens (tertiary/aromatic N) is 3. The molecule has 0 aliphatic rings. The van der Waals surface area contributed by atoms with Gasteiger partial charge in [0.05, 0.1) is 12.3 Å². The van der Waals surface area contributed by atoms with E-state index in [0.29, 0.717) is 0 Å². The maximum atomic E-state index is 11.8. The van der Waals surface area contributed by atoms with Gasteiger partial charge in [-0.05, 0) is 18.4 Å². The van der Waals surface area contributed by atoms with E-state index in [1.165, 1.54) is 4.68 Å². The van der Waals surface area contributed by atoms with Gasteiger partial charge in [-0.1, -0.05) is 41.6 Å². The third-order valence-electron chi connectivity index (χ3n) is 3.17. The molecule has 1 heterocycles. The summed E-state index contributed by atoms with van der Waals surface area (Å²) < 4.78 is 6.36. The molecule has 0 radical (unpaired) electrons. The molecule has 0 amide bonds. The Balaban J connectivity index is 2.14. The molecule has 0 saturated carbocycles. The van der Waals surface area contributed by atoms with Gasteiger partial charge in [-0.25, -0.2) is 4.79 Å². The van der Waals surface area contributed by atoms with Crippen molar-refractivity contribution in [3.05, 3.63) is 48.2 Å². The molecule has 0 aliphatic heterocycles. The van der Waals surface area contributed by atoms with E-state index in [9.17, 15) is 4.79 Å². The molecule has 1 aromatic heterocycles. The molecule has 0 saturated heterocycles. The summed E-state index contributed by atoms with van der Waals surface area (Å²) in [5.41, 5.74) is 6.80. The van der Waals surface area contributed by atoms with Crippen molar-refractivity contribution in [1.29, 1.82) is 0 Å². The van der Waals surface area contributed by atoms with Crippen LogP contribution in [0.15, 0.2) is 42.5 Å². The summed E-state index contributed by atoms with van der Waals surface area (Å²) in [4.78, 5) is 11.8. The smallest absolute Gasteiger partial charge is 0.362 e. The Morgan fingerprint density at radius 3 is 2.81 bits per heavy atom. The van der Waals surface area contributed by atoms with Crippen LogP contribution in [-0.4, -0.2) is 27.6 Å². The Morgan fingerprint density at radius 2 is 2.00 bits per heavy atom. The zero-order valence-corrected chi connectivity index (χ0v) is 11.5. The molecule has 3 aromatic rings. The summed E-state index contributed by atoms with van der Waals surface area (Å²) in [6.45, 7) is 1.99. The molecular formula is C15H14N4O2. The molecule has 2 N–H and O–H groups in total. The van der Waals surface area contributed by atoms with Gasteiger partial charge in [0.1, 0.15) is 0 Å². The number of carbonyl (C=O) groups excluding carboxylic acids is 1. The van der Waals surface area contributed by atoms with E-state index in [1.54, 1.807) is 6.92 Å². The summed E-state index contributed by atoms with van der Waals surface area (Å²) in [6.07, 6.45) is 0. The number of anilines is 1. The van der Waals surface area contributed by atoms with Gasteiger partial charge in [-0.15, -0.1) is 5.10 Å². The number of hydrogen-bond donors (Lipinski definition) is 1. The molecule has 0 aliphatic carbocycles. The number of carbonyl (C=O) groups is 1. The molecular weight excluding hydrogens is 268 g/mol. The van der Waals surface area contributed by atoms with Crippen LogP contribution in [-0.2, 0) is 4.74 Å². The average Bonchev–Trinajstić information content (AvgIpc) is 2.88. The second kappa shape index (κ2) is 5.24. The van der Waals surface area contributed by atoms with Gasteiger partial charge in [0.15, 0.2) is 5.82 Å². The molecule has 0 spiro atoms. The van der Waals surface area contributed by atoms with Gasteiger partial charge >= 0.3 is 5.97 Å². The Hall–Kier alpha value is -2.89. The molecule has 6 heteroatoms. The third kappa shape index (κ3) is 2.20. The second-order valence-electron chi connectivity index (χ2n) is 4.45. The van der Waals surface area contributed by atoms with E-state index in [4.69, 9.17) is 10.5 Å². The monoisotopic (exact) mass is 282 g/mol. The minimum atomic E-state index is -0.568. The highest BCUT2D eigenvalue weighted by Crippen LogP contribution is 2.24. The molecule has 106 valence electrons. The van der Waals surface area contributed by atoms with Crippen LogP contribution < -0.4 is 5.73 Å². The molecule has 6 nitrogen and oxygen atoms in total. The van der Waals surface area contributed by atoms with Crippen molar-refractivity contribution in [1.82, 2.24) is 15.0 Å². The van der Waals surface area contributed by atoms with Crippen molar-refractivity contribution in [3.63, 3.8) is 0 Å². The number of aromatic nitrogens is 3. The number of nitrogens with two attached hydrogens (primary N) is 1. The molecule has 0 unspecified atom stereocenters. The topological polar surface area (TPSA) is 83.0 Å². The summed E-state index contributed by atoms with van der Waals surface area (Å²) in [6, 6.07) is 13.6. The number of esters is 1. The lowest BCUT2D eigenvalue weighted by atomic mass is 10.1. The van der Waals surface area contributed by atoms with Gasteiger partial charge in [0.2, 0.25) is 5.69 Å². The van der Waals surface area contributed by atoms with E-state index in [2.05, 4.69) is 10.3 Å². The number of nitrogen functional groups attached to an aromatic ring is 1. The van der Waals surface area contributed by atoms with Crippen molar-refractivity contribution in [2.75, 3.05) is 12.3 Å². The first kappa shape index (κ1) is 13.1. The van der Waals surface area contributed by atoms with Crippen LogP contribution in [0, 0.1) is 0 Å². The number of fused-ring (bicyclic) bond motifs is 1. The zero-order valence-electron chi connectivity index (χ0n) is 11.5. The number of rotatable bonds is 3. The predicted octanol–water partition coefficient (Wildman–Crippen LogP) is 2.18. The van der Waals surface area contributed by atoms with Crippen LogP contribution in [0.4, 0.5) is 5.82 Å². The predicted molar refractivity (Wildman–Crippen MR) is 79.2 cm³/mol. The van der Waals surface area contributed by atoms with E-state index in [-0.39, 0.29) is 18.1 Å². The highest BCUT2D eigenvalue weighted by Gasteiger charge is 2.20. The van der Waals surface area contributed by atoms with Crippen molar-refractivity contribution in [3.8, 4) is 5.69 Å². The lowest BCUT2D eigenvalue weighted by Crippen LogP contribution is -2.09. The Bertz CT molecular complexity index is 805. The molecule has 0 fully saturated rings. The van der Waals surface area contributed by atoms with Crippen LogP contribution in [0.2, 0.25) is 0 Å². The third-order valence-corrected chi connectivity index (χ3v) is 3.17. The van der Waals surface area contributed by atoms with E-state index >= 15 is 0 Å². The fourth-order valence-corrected chi connectivity index (χ4v) is 2.20. The van der Waals surface area contributed by atoms with E-state index in [0.717, 1.165) is 16.5 Å². The van der Waals surface area contributed by atoms with Crippen LogP contribution in [0.3, 0.4) is 0 Å². The summed E-state index contributed by atoms with van der Waals surface area (Å²) >= 11 is 0. The molecule has 3 rings (SSSR count). The summed E-state index contributed by atoms with van der Waals surface area (Å²) in [5, 5.41) is 9.85. The maximum absolute atomic E-state index is 11.8. The van der Waals surface area contributed by atoms with Crippen molar-refractivity contribution < 1.29 is 9.53 Å². The van der Waals surface area contributed by atoms with Crippen molar-refractivity contribution in [2.45, 2.75) is 6.92 Å². The molecule has 0 atom stereocenters. The fourth-order valence-electron chi connectivity index (χ4n) is 2.20. The molecule has 0 bridgehead atoms. The minimum Gasteiger partial charge on any atom is -0.461 e. The first-order valence-corrected chi connectivity index (χ1v) is 6.58. The quantitative estimate of drug-likeness (QED) is 0.744. The second-order valence-corrected chi connectivity index (χ2v) is 4.45. The van der Waals surface area contributed by atoms with Crippen LogP contribution in [0.1, 0.15) is 17.4 Å². The van der Waals surface area contributed by atoms with Crippen molar-refractivity contribution >= 4 is 22.6 Å². The highest BCUT2D eigenvalue weighted by molar-refractivity contribution is 5.94. The van der Waals surface area contributed by atoms with Gasteiger partial charge in [-0.3, -0.25) is 0 Å². The van der Waals surface area contributed by atoms with Crippen LogP contribution in [0.25, 0.3) is 16.5 Å². The average molecular weight is 282 g/mol. The number of ether oxygens (including phenoxy) is 1. The summed E-state index contributed by atoms with van der Waals surface area (Å²) in [7, 11) is 0. The molecule has 2 aromatic carbocycles.